The summed E-state index contributed by atoms with van der Waals surface area (Å²) in [6.45, 7) is 1.50. The molecule has 0 atom stereocenters. The van der Waals surface area contributed by atoms with Gasteiger partial charge in [-0.1, -0.05) is 12.8 Å². The molecule has 1 saturated carbocycles. The van der Waals surface area contributed by atoms with E-state index >= 15 is 0 Å². The van der Waals surface area contributed by atoms with Crippen LogP contribution in [0, 0.1) is 5.95 Å². The van der Waals surface area contributed by atoms with E-state index in [1.807, 2.05) is 19.0 Å². The van der Waals surface area contributed by atoms with Gasteiger partial charge >= 0.3 is 0 Å². The second-order valence-corrected chi connectivity index (χ2v) is 5.61. The molecule has 1 fully saturated rings. The van der Waals surface area contributed by atoms with E-state index in [0.717, 1.165) is 19.4 Å². The third-order valence-electron chi connectivity index (χ3n) is 3.79. The zero-order valence-electron chi connectivity index (χ0n) is 12.2. The van der Waals surface area contributed by atoms with Crippen LogP contribution in [-0.2, 0) is 0 Å². The second kappa shape index (κ2) is 6.79. The van der Waals surface area contributed by atoms with Gasteiger partial charge < -0.3 is 9.80 Å². The molecule has 0 bridgehead atoms. The maximum Gasteiger partial charge on any atom is 0.254 e. The van der Waals surface area contributed by atoms with Crippen molar-refractivity contribution in [3.63, 3.8) is 0 Å². The minimum Gasteiger partial charge on any atom is -0.334 e. The summed E-state index contributed by atoms with van der Waals surface area (Å²) in [5, 5.41) is 0. The van der Waals surface area contributed by atoms with E-state index in [4.69, 9.17) is 0 Å². The van der Waals surface area contributed by atoms with E-state index in [1.54, 1.807) is 6.07 Å². The van der Waals surface area contributed by atoms with Gasteiger partial charge in [-0.2, -0.15) is 4.39 Å². The monoisotopic (exact) mass is 279 g/mol. The fourth-order valence-corrected chi connectivity index (χ4v) is 2.67. The zero-order chi connectivity index (χ0) is 14.5. The highest BCUT2D eigenvalue weighted by Gasteiger charge is 2.27. The molecule has 110 valence electrons. The van der Waals surface area contributed by atoms with Gasteiger partial charge in [-0.15, -0.1) is 0 Å². The first-order valence-electron chi connectivity index (χ1n) is 7.15. The third-order valence-corrected chi connectivity index (χ3v) is 3.79. The number of aromatic nitrogens is 1. The fourth-order valence-electron chi connectivity index (χ4n) is 2.67. The van der Waals surface area contributed by atoms with Gasteiger partial charge in [0.1, 0.15) is 0 Å². The van der Waals surface area contributed by atoms with Crippen molar-refractivity contribution in [2.75, 3.05) is 27.2 Å². The molecule has 2 rings (SSSR count). The van der Waals surface area contributed by atoms with Gasteiger partial charge in [-0.3, -0.25) is 4.79 Å². The Hall–Kier alpha value is -1.49. The average molecular weight is 279 g/mol. The number of likely N-dealkylation sites (N-methyl/N-ethyl adjacent to an activating group) is 1. The van der Waals surface area contributed by atoms with Crippen LogP contribution in [-0.4, -0.2) is 53.9 Å². The van der Waals surface area contributed by atoms with E-state index in [9.17, 15) is 9.18 Å². The summed E-state index contributed by atoms with van der Waals surface area (Å²) in [6.07, 6.45) is 5.78. The van der Waals surface area contributed by atoms with Crippen molar-refractivity contribution in [2.45, 2.75) is 31.7 Å². The summed E-state index contributed by atoms with van der Waals surface area (Å²) < 4.78 is 13.2. The van der Waals surface area contributed by atoms with Crippen molar-refractivity contribution in [3.05, 3.63) is 29.8 Å². The molecular formula is C15H22FN3O. The molecule has 1 amide bonds. The Morgan fingerprint density at radius 2 is 2.05 bits per heavy atom. The molecule has 0 radical (unpaired) electrons. The standard InChI is InChI=1S/C15H22FN3O/c1-18(2)9-10-19(13-5-3-4-6-13)15(20)12-7-8-17-14(16)11-12/h7-8,11,13H,3-6,9-10H2,1-2H3. The van der Waals surface area contributed by atoms with E-state index in [-0.39, 0.29) is 5.91 Å². The quantitative estimate of drug-likeness (QED) is 0.775. The fraction of sp³-hybridized carbons (Fsp3) is 0.600. The summed E-state index contributed by atoms with van der Waals surface area (Å²) >= 11 is 0. The number of rotatable bonds is 5. The topological polar surface area (TPSA) is 36.4 Å². The van der Waals surface area contributed by atoms with Crippen LogP contribution in [0.25, 0.3) is 0 Å². The molecule has 1 aromatic heterocycles. The predicted molar refractivity (Wildman–Crippen MR) is 76.0 cm³/mol. The van der Waals surface area contributed by atoms with Crippen LogP contribution in [0.5, 0.6) is 0 Å². The Kier molecular flexibility index (Phi) is 5.06. The molecule has 5 heteroatoms. The number of pyridine rings is 1. The van der Waals surface area contributed by atoms with Crippen molar-refractivity contribution >= 4 is 5.91 Å². The van der Waals surface area contributed by atoms with Gasteiger partial charge in [0.15, 0.2) is 0 Å². The molecule has 4 nitrogen and oxygen atoms in total. The number of hydrogen-bond acceptors (Lipinski definition) is 3. The number of hydrogen-bond donors (Lipinski definition) is 0. The van der Waals surface area contributed by atoms with E-state index in [1.165, 1.54) is 25.1 Å². The lowest BCUT2D eigenvalue weighted by Gasteiger charge is -2.30. The SMILES string of the molecule is CN(C)CCN(C(=O)c1ccnc(F)c1)C1CCCC1. The maximum absolute atomic E-state index is 13.2. The normalized spacial score (nSPS) is 15.8. The number of carbonyl (C=O) groups excluding carboxylic acids is 1. The van der Waals surface area contributed by atoms with Crippen LogP contribution in [0.3, 0.4) is 0 Å². The van der Waals surface area contributed by atoms with E-state index in [2.05, 4.69) is 9.88 Å². The molecule has 0 saturated heterocycles. The van der Waals surface area contributed by atoms with Crippen molar-refractivity contribution < 1.29 is 9.18 Å². The first kappa shape index (κ1) is 14.9. The summed E-state index contributed by atoms with van der Waals surface area (Å²) in [5.41, 5.74) is 0.392. The van der Waals surface area contributed by atoms with E-state index < -0.39 is 5.95 Å². The van der Waals surface area contributed by atoms with Gasteiger partial charge in [0, 0.05) is 37.0 Å². The zero-order valence-corrected chi connectivity index (χ0v) is 12.2. The highest BCUT2D eigenvalue weighted by Crippen LogP contribution is 2.24. The molecule has 1 aromatic rings. The minimum absolute atomic E-state index is 0.0833. The number of nitrogens with zero attached hydrogens (tertiary/aromatic N) is 3. The Bertz CT molecular complexity index is 458. The molecule has 0 spiro atoms. The molecule has 0 unspecified atom stereocenters. The Morgan fingerprint density at radius 3 is 2.65 bits per heavy atom. The third kappa shape index (κ3) is 3.76. The molecule has 1 aliphatic carbocycles. The first-order chi connectivity index (χ1) is 9.58. The lowest BCUT2D eigenvalue weighted by atomic mass is 10.1. The molecule has 0 N–H and O–H groups in total. The first-order valence-corrected chi connectivity index (χ1v) is 7.15. The van der Waals surface area contributed by atoms with Crippen molar-refractivity contribution in [3.8, 4) is 0 Å². The highest BCUT2D eigenvalue weighted by atomic mass is 19.1. The summed E-state index contributed by atoms with van der Waals surface area (Å²) in [4.78, 5) is 20.1. The van der Waals surface area contributed by atoms with Gasteiger partial charge in [0.05, 0.1) is 0 Å². The van der Waals surface area contributed by atoms with Crippen molar-refractivity contribution in [1.82, 2.24) is 14.8 Å². The molecule has 0 aliphatic heterocycles. The van der Waals surface area contributed by atoms with Gasteiger partial charge in [0.2, 0.25) is 5.95 Å². The van der Waals surface area contributed by atoms with Gasteiger partial charge in [-0.05, 0) is 33.0 Å². The van der Waals surface area contributed by atoms with Gasteiger partial charge in [0.25, 0.3) is 5.91 Å². The molecule has 1 heterocycles. The molecule has 0 aromatic carbocycles. The molecule has 1 aliphatic rings. The van der Waals surface area contributed by atoms with Gasteiger partial charge in [-0.25, -0.2) is 4.98 Å². The summed E-state index contributed by atoms with van der Waals surface area (Å²) in [7, 11) is 3.98. The lowest BCUT2D eigenvalue weighted by molar-refractivity contribution is 0.0667. The second-order valence-electron chi connectivity index (χ2n) is 5.61. The van der Waals surface area contributed by atoms with Crippen LogP contribution in [0.15, 0.2) is 18.3 Å². The Labute approximate surface area is 119 Å². The van der Waals surface area contributed by atoms with Crippen LogP contribution >= 0.6 is 0 Å². The Morgan fingerprint density at radius 1 is 1.35 bits per heavy atom. The highest BCUT2D eigenvalue weighted by molar-refractivity contribution is 5.94. The largest absolute Gasteiger partial charge is 0.334 e. The minimum atomic E-state index is -0.602. The number of carbonyl (C=O) groups is 1. The molecule has 20 heavy (non-hydrogen) atoms. The van der Waals surface area contributed by atoms with E-state index in [0.29, 0.717) is 18.2 Å². The number of amides is 1. The summed E-state index contributed by atoms with van der Waals surface area (Å²) in [5.74, 6) is -0.685. The van der Waals surface area contributed by atoms with Crippen LogP contribution < -0.4 is 0 Å². The average Bonchev–Trinajstić information content (AvgIpc) is 2.92. The Balaban J connectivity index is 2.14. The molecular weight excluding hydrogens is 257 g/mol. The van der Waals surface area contributed by atoms with Crippen molar-refractivity contribution in [2.24, 2.45) is 0 Å². The van der Waals surface area contributed by atoms with Crippen LogP contribution in [0.4, 0.5) is 4.39 Å². The van der Waals surface area contributed by atoms with Crippen LogP contribution in [0.1, 0.15) is 36.0 Å². The lowest BCUT2D eigenvalue weighted by Crippen LogP contribution is -2.42. The smallest absolute Gasteiger partial charge is 0.254 e. The van der Waals surface area contributed by atoms with Crippen LogP contribution in [0.2, 0.25) is 0 Å². The number of halogens is 1. The maximum atomic E-state index is 13.2. The predicted octanol–water partition coefficient (Wildman–Crippen LogP) is 2.17. The van der Waals surface area contributed by atoms with Crippen molar-refractivity contribution in [1.29, 1.82) is 0 Å². The summed E-state index contributed by atoms with van der Waals surface area (Å²) in [6, 6.07) is 3.10.